The summed E-state index contributed by atoms with van der Waals surface area (Å²) in [7, 11) is 0. The highest BCUT2D eigenvalue weighted by molar-refractivity contribution is 5.40. The van der Waals surface area contributed by atoms with Crippen molar-refractivity contribution in [2.45, 2.75) is 39.7 Å². The number of hydrogen-bond acceptors (Lipinski definition) is 2. The lowest BCUT2D eigenvalue weighted by Crippen LogP contribution is -2.25. The molecule has 0 spiro atoms. The lowest BCUT2D eigenvalue weighted by atomic mass is 10.1. The van der Waals surface area contributed by atoms with E-state index < -0.39 is 0 Å². The first kappa shape index (κ1) is 12.4. The molecule has 94 valence electrons. The Labute approximate surface area is 104 Å². The normalized spacial score (nSPS) is 18.2. The molecule has 1 aromatic carbocycles. The molecule has 1 unspecified atom stereocenters. The molecule has 0 aliphatic carbocycles. The van der Waals surface area contributed by atoms with E-state index in [1.165, 1.54) is 11.1 Å². The van der Waals surface area contributed by atoms with E-state index in [2.05, 4.69) is 44.3 Å². The van der Waals surface area contributed by atoms with Crippen LogP contribution in [0.1, 0.15) is 31.4 Å². The Balaban J connectivity index is 1.76. The Bertz CT molecular complexity index is 373. The van der Waals surface area contributed by atoms with Gasteiger partial charge >= 0.3 is 0 Å². The standard InChI is InChI=1S/C15H23NO/c1-11(2)10-16-7-6-14-9-13-8-12(3)4-5-15(13)17-14/h4-5,8,11,14,16H,6-7,9-10H2,1-3H3. The molecule has 0 amide bonds. The van der Waals surface area contributed by atoms with Crippen LogP contribution >= 0.6 is 0 Å². The zero-order chi connectivity index (χ0) is 12.3. The highest BCUT2D eigenvalue weighted by Crippen LogP contribution is 2.30. The SMILES string of the molecule is Cc1ccc2c(c1)CC(CCNCC(C)C)O2. The van der Waals surface area contributed by atoms with Crippen LogP contribution in [0.15, 0.2) is 18.2 Å². The molecule has 2 heteroatoms. The van der Waals surface area contributed by atoms with Crippen LogP contribution in [0.3, 0.4) is 0 Å². The second kappa shape index (κ2) is 5.54. The Kier molecular flexibility index (Phi) is 4.06. The Morgan fingerprint density at radius 1 is 1.41 bits per heavy atom. The quantitative estimate of drug-likeness (QED) is 0.790. The molecule has 17 heavy (non-hydrogen) atoms. The minimum atomic E-state index is 0.367. The number of nitrogens with one attached hydrogen (secondary N) is 1. The van der Waals surface area contributed by atoms with Gasteiger partial charge in [-0.05, 0) is 44.0 Å². The molecule has 1 atom stereocenters. The van der Waals surface area contributed by atoms with Gasteiger partial charge in [0.15, 0.2) is 0 Å². The van der Waals surface area contributed by atoms with E-state index in [4.69, 9.17) is 4.74 Å². The number of rotatable bonds is 5. The van der Waals surface area contributed by atoms with Gasteiger partial charge in [0.25, 0.3) is 0 Å². The van der Waals surface area contributed by atoms with E-state index in [9.17, 15) is 0 Å². The van der Waals surface area contributed by atoms with E-state index in [0.29, 0.717) is 6.10 Å². The van der Waals surface area contributed by atoms with Crippen LogP contribution in [0.4, 0.5) is 0 Å². The maximum Gasteiger partial charge on any atom is 0.123 e. The Morgan fingerprint density at radius 3 is 3.00 bits per heavy atom. The van der Waals surface area contributed by atoms with Gasteiger partial charge in [0.05, 0.1) is 0 Å². The predicted molar refractivity (Wildman–Crippen MR) is 71.6 cm³/mol. The van der Waals surface area contributed by atoms with Crippen LogP contribution in [0.5, 0.6) is 5.75 Å². The molecule has 2 nitrogen and oxygen atoms in total. The van der Waals surface area contributed by atoms with Gasteiger partial charge in [-0.2, -0.15) is 0 Å². The molecule has 0 bridgehead atoms. The van der Waals surface area contributed by atoms with Gasteiger partial charge in [0.1, 0.15) is 11.9 Å². The number of ether oxygens (including phenoxy) is 1. The average molecular weight is 233 g/mol. The summed E-state index contributed by atoms with van der Waals surface area (Å²) in [4.78, 5) is 0. The third kappa shape index (κ3) is 3.47. The molecule has 1 aliphatic rings. The maximum absolute atomic E-state index is 5.93. The van der Waals surface area contributed by atoms with Crippen molar-refractivity contribution in [1.29, 1.82) is 0 Å². The van der Waals surface area contributed by atoms with Crippen LogP contribution < -0.4 is 10.1 Å². The van der Waals surface area contributed by atoms with Crippen LogP contribution in [0.25, 0.3) is 0 Å². The molecule has 0 saturated heterocycles. The smallest absolute Gasteiger partial charge is 0.123 e. The number of fused-ring (bicyclic) bond motifs is 1. The first-order valence-corrected chi connectivity index (χ1v) is 6.62. The fraction of sp³-hybridized carbons (Fsp3) is 0.600. The lowest BCUT2D eigenvalue weighted by Gasteiger charge is -2.12. The van der Waals surface area contributed by atoms with Crippen molar-refractivity contribution in [2.75, 3.05) is 13.1 Å². The van der Waals surface area contributed by atoms with Gasteiger partial charge in [0, 0.05) is 6.42 Å². The van der Waals surface area contributed by atoms with Crippen molar-refractivity contribution in [1.82, 2.24) is 5.32 Å². The third-order valence-electron chi connectivity index (χ3n) is 3.15. The molecular formula is C15H23NO. The van der Waals surface area contributed by atoms with E-state index in [1.54, 1.807) is 0 Å². The first-order valence-electron chi connectivity index (χ1n) is 6.62. The molecule has 0 aromatic heterocycles. The molecule has 0 saturated carbocycles. The van der Waals surface area contributed by atoms with E-state index in [-0.39, 0.29) is 0 Å². The van der Waals surface area contributed by atoms with Crippen molar-refractivity contribution in [2.24, 2.45) is 5.92 Å². The monoisotopic (exact) mass is 233 g/mol. The third-order valence-corrected chi connectivity index (χ3v) is 3.15. The Morgan fingerprint density at radius 2 is 2.24 bits per heavy atom. The summed E-state index contributed by atoms with van der Waals surface area (Å²) in [5.74, 6) is 1.81. The molecule has 0 radical (unpaired) electrons. The molecule has 2 rings (SSSR count). The summed E-state index contributed by atoms with van der Waals surface area (Å²) in [6.45, 7) is 8.75. The van der Waals surface area contributed by atoms with Crippen LogP contribution in [-0.4, -0.2) is 19.2 Å². The van der Waals surface area contributed by atoms with Gasteiger partial charge in [-0.3, -0.25) is 0 Å². The summed E-state index contributed by atoms with van der Waals surface area (Å²) in [6.07, 6.45) is 2.53. The minimum Gasteiger partial charge on any atom is -0.490 e. The van der Waals surface area contributed by atoms with Gasteiger partial charge in [-0.1, -0.05) is 31.5 Å². The van der Waals surface area contributed by atoms with Crippen molar-refractivity contribution in [3.05, 3.63) is 29.3 Å². The van der Waals surface area contributed by atoms with Crippen molar-refractivity contribution in [3.8, 4) is 5.75 Å². The summed E-state index contributed by atoms with van der Waals surface area (Å²) < 4.78 is 5.93. The second-order valence-electron chi connectivity index (χ2n) is 5.44. The fourth-order valence-electron chi connectivity index (χ4n) is 2.26. The molecule has 1 heterocycles. The largest absolute Gasteiger partial charge is 0.490 e. The average Bonchev–Trinajstić information content (AvgIpc) is 2.66. The van der Waals surface area contributed by atoms with Crippen molar-refractivity contribution in [3.63, 3.8) is 0 Å². The van der Waals surface area contributed by atoms with E-state index in [1.807, 2.05) is 0 Å². The molecule has 1 aliphatic heterocycles. The summed E-state index contributed by atoms with van der Waals surface area (Å²) in [5, 5.41) is 3.47. The zero-order valence-corrected chi connectivity index (χ0v) is 11.1. The Hall–Kier alpha value is -1.02. The molecule has 0 fully saturated rings. The number of benzene rings is 1. The van der Waals surface area contributed by atoms with Gasteiger partial charge < -0.3 is 10.1 Å². The van der Waals surface area contributed by atoms with Gasteiger partial charge in [-0.25, -0.2) is 0 Å². The highest BCUT2D eigenvalue weighted by Gasteiger charge is 2.21. The maximum atomic E-state index is 5.93. The summed E-state index contributed by atoms with van der Waals surface area (Å²) in [6, 6.07) is 6.47. The molecule has 1 N–H and O–H groups in total. The zero-order valence-electron chi connectivity index (χ0n) is 11.1. The fourth-order valence-corrected chi connectivity index (χ4v) is 2.26. The lowest BCUT2D eigenvalue weighted by molar-refractivity contribution is 0.219. The predicted octanol–water partition coefficient (Wildman–Crippen LogP) is 2.93. The van der Waals surface area contributed by atoms with Crippen molar-refractivity contribution < 1.29 is 4.74 Å². The molecule has 1 aromatic rings. The van der Waals surface area contributed by atoms with Gasteiger partial charge in [-0.15, -0.1) is 0 Å². The van der Waals surface area contributed by atoms with Gasteiger partial charge in [0.2, 0.25) is 0 Å². The van der Waals surface area contributed by atoms with E-state index in [0.717, 1.165) is 37.6 Å². The first-order chi connectivity index (χ1) is 8.15. The highest BCUT2D eigenvalue weighted by atomic mass is 16.5. The van der Waals surface area contributed by atoms with Crippen LogP contribution in [-0.2, 0) is 6.42 Å². The second-order valence-corrected chi connectivity index (χ2v) is 5.44. The number of hydrogen-bond donors (Lipinski definition) is 1. The van der Waals surface area contributed by atoms with Crippen molar-refractivity contribution >= 4 is 0 Å². The van der Waals surface area contributed by atoms with Crippen LogP contribution in [0, 0.1) is 12.8 Å². The summed E-state index contributed by atoms with van der Waals surface area (Å²) in [5.41, 5.74) is 2.70. The van der Waals surface area contributed by atoms with Crippen LogP contribution in [0.2, 0.25) is 0 Å². The van der Waals surface area contributed by atoms with E-state index >= 15 is 0 Å². The number of aryl methyl sites for hydroxylation is 1. The molecular weight excluding hydrogens is 210 g/mol. The summed E-state index contributed by atoms with van der Waals surface area (Å²) >= 11 is 0. The minimum absolute atomic E-state index is 0.367. The topological polar surface area (TPSA) is 21.3 Å².